The van der Waals surface area contributed by atoms with Crippen molar-refractivity contribution in [2.24, 2.45) is 7.05 Å². The zero-order valence-electron chi connectivity index (χ0n) is 15.3. The highest BCUT2D eigenvalue weighted by atomic mass is 32.2. The van der Waals surface area contributed by atoms with Gasteiger partial charge >= 0.3 is 5.69 Å². The summed E-state index contributed by atoms with van der Waals surface area (Å²) in [6, 6.07) is 25.1. The van der Waals surface area contributed by atoms with Crippen LogP contribution >= 0.6 is 11.8 Å². The second-order valence-corrected chi connectivity index (χ2v) is 7.49. The second-order valence-electron chi connectivity index (χ2n) is 6.38. The lowest BCUT2D eigenvalue weighted by molar-refractivity contribution is -0.116. The molecular formula is C22H19N3O2S. The average molecular weight is 389 g/mol. The van der Waals surface area contributed by atoms with Crippen LogP contribution in [-0.2, 0) is 18.4 Å². The third-order valence-electron chi connectivity index (χ3n) is 4.49. The van der Waals surface area contributed by atoms with E-state index in [4.69, 9.17) is 0 Å². The van der Waals surface area contributed by atoms with Crippen LogP contribution in [0.15, 0.2) is 93.4 Å². The summed E-state index contributed by atoms with van der Waals surface area (Å²) in [5, 5.41) is 2.95. The number of nitrogens with one attached hydrogen (secondary N) is 1. The Morgan fingerprint density at radius 1 is 0.893 bits per heavy atom. The Bertz CT molecular complexity index is 1200. The van der Waals surface area contributed by atoms with Gasteiger partial charge in [0.15, 0.2) is 0 Å². The summed E-state index contributed by atoms with van der Waals surface area (Å²) in [6.07, 6.45) is 0. The maximum Gasteiger partial charge on any atom is 0.329 e. The molecule has 0 spiro atoms. The molecular weight excluding hydrogens is 370 g/mol. The largest absolute Gasteiger partial charge is 0.329 e. The molecule has 0 saturated carbocycles. The van der Waals surface area contributed by atoms with Crippen LogP contribution in [0.5, 0.6) is 0 Å². The average Bonchev–Trinajstić information content (AvgIpc) is 2.95. The van der Waals surface area contributed by atoms with E-state index in [9.17, 15) is 9.59 Å². The zero-order valence-corrected chi connectivity index (χ0v) is 16.1. The van der Waals surface area contributed by atoms with Crippen LogP contribution in [0.1, 0.15) is 0 Å². The first kappa shape index (κ1) is 18.1. The van der Waals surface area contributed by atoms with E-state index in [1.807, 2.05) is 78.9 Å². The van der Waals surface area contributed by atoms with Crippen LogP contribution in [0.25, 0.3) is 11.0 Å². The number of nitrogens with zero attached hydrogens (tertiary/aromatic N) is 2. The number of fused-ring (bicyclic) bond motifs is 1. The van der Waals surface area contributed by atoms with Gasteiger partial charge in [0.05, 0.1) is 16.7 Å². The number of aryl methyl sites for hydroxylation is 1. The molecule has 0 saturated heterocycles. The van der Waals surface area contributed by atoms with Crippen LogP contribution < -0.4 is 11.0 Å². The van der Waals surface area contributed by atoms with Gasteiger partial charge in [0.25, 0.3) is 0 Å². The van der Waals surface area contributed by atoms with Gasteiger partial charge in [0.1, 0.15) is 6.54 Å². The Hall–Kier alpha value is -3.25. The number of carbonyl (C=O) groups is 1. The highest BCUT2D eigenvalue weighted by Crippen LogP contribution is 2.33. The van der Waals surface area contributed by atoms with E-state index < -0.39 is 0 Å². The molecule has 0 atom stereocenters. The van der Waals surface area contributed by atoms with Crippen molar-refractivity contribution in [3.63, 3.8) is 0 Å². The van der Waals surface area contributed by atoms with Crippen LogP contribution in [0, 0.1) is 0 Å². The maximum absolute atomic E-state index is 12.7. The third kappa shape index (κ3) is 3.59. The number of aromatic nitrogens is 2. The first-order valence-corrected chi connectivity index (χ1v) is 9.71. The van der Waals surface area contributed by atoms with Crippen LogP contribution in [0.3, 0.4) is 0 Å². The fourth-order valence-electron chi connectivity index (χ4n) is 3.12. The molecule has 1 amide bonds. The number of amides is 1. The highest BCUT2D eigenvalue weighted by molar-refractivity contribution is 7.99. The molecule has 6 heteroatoms. The van der Waals surface area contributed by atoms with Gasteiger partial charge < -0.3 is 5.32 Å². The molecule has 28 heavy (non-hydrogen) atoms. The number of imidazole rings is 1. The Labute approximate surface area is 166 Å². The van der Waals surface area contributed by atoms with Crippen molar-refractivity contribution >= 4 is 34.4 Å². The van der Waals surface area contributed by atoms with Gasteiger partial charge in [-0.25, -0.2) is 4.79 Å². The summed E-state index contributed by atoms with van der Waals surface area (Å²) in [6.45, 7) is -0.0372. The minimum Gasteiger partial charge on any atom is -0.323 e. The van der Waals surface area contributed by atoms with Gasteiger partial charge in [0.2, 0.25) is 5.91 Å². The third-order valence-corrected chi connectivity index (χ3v) is 5.57. The molecule has 1 aromatic heterocycles. The smallest absolute Gasteiger partial charge is 0.323 e. The van der Waals surface area contributed by atoms with Crippen molar-refractivity contribution in [1.29, 1.82) is 0 Å². The normalized spacial score (nSPS) is 10.9. The van der Waals surface area contributed by atoms with E-state index in [0.29, 0.717) is 0 Å². The van der Waals surface area contributed by atoms with Crippen LogP contribution in [0.4, 0.5) is 5.69 Å². The molecule has 0 radical (unpaired) electrons. The van der Waals surface area contributed by atoms with Gasteiger partial charge in [-0.15, -0.1) is 0 Å². The molecule has 0 fully saturated rings. The fourth-order valence-corrected chi connectivity index (χ4v) is 4.05. The number of benzene rings is 3. The second kappa shape index (κ2) is 7.78. The molecule has 1 N–H and O–H groups in total. The highest BCUT2D eigenvalue weighted by Gasteiger charge is 2.14. The number of rotatable bonds is 5. The van der Waals surface area contributed by atoms with E-state index >= 15 is 0 Å². The number of anilines is 1. The van der Waals surface area contributed by atoms with Gasteiger partial charge in [-0.3, -0.25) is 13.9 Å². The number of hydrogen-bond acceptors (Lipinski definition) is 3. The van der Waals surface area contributed by atoms with E-state index in [2.05, 4.69) is 5.32 Å². The first-order valence-electron chi connectivity index (χ1n) is 8.89. The number of hydrogen-bond donors (Lipinski definition) is 1. The molecule has 3 aromatic carbocycles. The summed E-state index contributed by atoms with van der Waals surface area (Å²) < 4.78 is 3.05. The Morgan fingerprint density at radius 3 is 2.32 bits per heavy atom. The topological polar surface area (TPSA) is 56.0 Å². The van der Waals surface area contributed by atoms with E-state index in [-0.39, 0.29) is 18.1 Å². The number of carbonyl (C=O) groups excluding carboxylic acids is 1. The van der Waals surface area contributed by atoms with E-state index in [1.54, 1.807) is 23.4 Å². The standard InChI is InChI=1S/C22H19N3O2S/c1-24-18-12-6-7-13-19(18)25(22(24)27)15-21(26)23-17-11-5-8-14-20(17)28-16-9-3-2-4-10-16/h2-14H,15H2,1H3,(H,23,26). The predicted octanol–water partition coefficient (Wildman–Crippen LogP) is 4.13. The first-order chi connectivity index (χ1) is 13.6. The van der Waals surface area contributed by atoms with Gasteiger partial charge in [-0.2, -0.15) is 0 Å². The molecule has 5 nitrogen and oxygen atoms in total. The Morgan fingerprint density at radius 2 is 1.54 bits per heavy atom. The molecule has 0 unspecified atom stereocenters. The zero-order chi connectivity index (χ0) is 19.5. The molecule has 0 aliphatic carbocycles. The molecule has 4 aromatic rings. The number of para-hydroxylation sites is 3. The minimum absolute atomic E-state index is 0.0372. The summed E-state index contributed by atoms with van der Waals surface area (Å²) in [7, 11) is 1.71. The molecule has 1 heterocycles. The minimum atomic E-state index is -0.237. The SMILES string of the molecule is Cn1c(=O)n(CC(=O)Nc2ccccc2Sc2ccccc2)c2ccccc21. The summed E-state index contributed by atoms with van der Waals surface area (Å²) in [5.41, 5.74) is 2.08. The van der Waals surface area contributed by atoms with E-state index in [0.717, 1.165) is 26.5 Å². The Kier molecular flexibility index (Phi) is 5.04. The van der Waals surface area contributed by atoms with E-state index in [1.165, 1.54) is 4.57 Å². The lowest BCUT2D eigenvalue weighted by atomic mass is 10.3. The monoisotopic (exact) mass is 389 g/mol. The van der Waals surface area contributed by atoms with Gasteiger partial charge in [-0.05, 0) is 36.4 Å². The molecule has 0 bridgehead atoms. The summed E-state index contributed by atoms with van der Waals surface area (Å²) >= 11 is 1.58. The van der Waals surface area contributed by atoms with Crippen LogP contribution in [0.2, 0.25) is 0 Å². The van der Waals surface area contributed by atoms with Gasteiger partial charge in [0, 0.05) is 16.8 Å². The van der Waals surface area contributed by atoms with Gasteiger partial charge in [-0.1, -0.05) is 54.2 Å². The van der Waals surface area contributed by atoms with Crippen molar-refractivity contribution in [2.75, 3.05) is 5.32 Å². The predicted molar refractivity (Wildman–Crippen MR) is 113 cm³/mol. The van der Waals surface area contributed by atoms with Crippen molar-refractivity contribution < 1.29 is 4.79 Å². The van der Waals surface area contributed by atoms with Crippen molar-refractivity contribution in [1.82, 2.24) is 9.13 Å². The summed E-state index contributed by atoms with van der Waals surface area (Å²) in [5.74, 6) is -0.237. The lowest BCUT2D eigenvalue weighted by Crippen LogP contribution is -2.28. The molecule has 0 aliphatic rings. The van der Waals surface area contributed by atoms with Crippen molar-refractivity contribution in [3.05, 3.63) is 89.3 Å². The van der Waals surface area contributed by atoms with Crippen molar-refractivity contribution in [3.8, 4) is 0 Å². The fraction of sp³-hybridized carbons (Fsp3) is 0.0909. The molecule has 0 aliphatic heterocycles. The maximum atomic E-state index is 12.7. The summed E-state index contributed by atoms with van der Waals surface area (Å²) in [4.78, 5) is 27.3. The lowest BCUT2D eigenvalue weighted by Gasteiger charge is -2.11. The quantitative estimate of drug-likeness (QED) is 0.558. The Balaban J connectivity index is 1.57. The van der Waals surface area contributed by atoms with Crippen LogP contribution in [-0.4, -0.2) is 15.0 Å². The molecule has 4 rings (SSSR count). The van der Waals surface area contributed by atoms with Crippen molar-refractivity contribution in [2.45, 2.75) is 16.3 Å². The molecule has 140 valence electrons.